The van der Waals surface area contributed by atoms with Crippen molar-refractivity contribution in [2.24, 2.45) is 0 Å². The number of carboxylic acid groups (broad SMARTS) is 1. The summed E-state index contributed by atoms with van der Waals surface area (Å²) in [5.74, 6) is -0.0903. The van der Waals surface area contributed by atoms with E-state index in [4.69, 9.17) is 9.84 Å². The fraction of sp³-hybridized carbons (Fsp3) is 0.429. The van der Waals surface area contributed by atoms with Crippen LogP contribution in [-0.4, -0.2) is 36.8 Å². The van der Waals surface area contributed by atoms with E-state index in [1.807, 2.05) is 31.2 Å². The van der Waals surface area contributed by atoms with E-state index < -0.39 is 5.97 Å². The van der Waals surface area contributed by atoms with Crippen LogP contribution in [0.3, 0.4) is 0 Å². The highest BCUT2D eigenvalue weighted by molar-refractivity contribution is 5.73. The molecule has 0 spiro atoms. The number of hydrogen-bond acceptors (Lipinski definition) is 3. The van der Waals surface area contributed by atoms with Gasteiger partial charge in [-0.15, -0.1) is 0 Å². The molecule has 0 aromatic heterocycles. The maximum atomic E-state index is 11.3. The van der Waals surface area contributed by atoms with E-state index in [9.17, 15) is 9.59 Å². The highest BCUT2D eigenvalue weighted by Crippen LogP contribution is 2.11. The molecule has 20 heavy (non-hydrogen) atoms. The molecule has 0 radical (unpaired) electrons. The maximum absolute atomic E-state index is 11.3. The van der Waals surface area contributed by atoms with E-state index in [2.05, 4.69) is 10.6 Å². The average molecular weight is 280 g/mol. The standard InChI is InChI=1S/C14H20N2O4/c1-11-4-2-5-12(10-11)20-9-8-16-14(19)15-7-3-6-13(17)18/h2,4-5,10H,3,6-9H2,1H3,(H,17,18)(H2,15,16,19). The first kappa shape index (κ1) is 15.8. The van der Waals surface area contributed by atoms with Crippen molar-refractivity contribution in [2.75, 3.05) is 19.7 Å². The summed E-state index contributed by atoms with van der Waals surface area (Å²) in [6.07, 6.45) is 0.472. The van der Waals surface area contributed by atoms with Crippen molar-refractivity contribution in [3.63, 3.8) is 0 Å². The Morgan fingerprint density at radius 1 is 1.25 bits per heavy atom. The third kappa shape index (κ3) is 7.25. The summed E-state index contributed by atoms with van der Waals surface area (Å²) >= 11 is 0. The predicted molar refractivity (Wildman–Crippen MR) is 74.9 cm³/mol. The lowest BCUT2D eigenvalue weighted by Gasteiger charge is -2.09. The van der Waals surface area contributed by atoms with Gasteiger partial charge in [-0.1, -0.05) is 12.1 Å². The van der Waals surface area contributed by atoms with Gasteiger partial charge in [0.1, 0.15) is 12.4 Å². The molecule has 0 aliphatic heterocycles. The van der Waals surface area contributed by atoms with E-state index >= 15 is 0 Å². The largest absolute Gasteiger partial charge is 0.492 e. The first-order chi connectivity index (χ1) is 9.58. The van der Waals surface area contributed by atoms with Gasteiger partial charge in [0.05, 0.1) is 6.54 Å². The van der Waals surface area contributed by atoms with E-state index in [0.29, 0.717) is 26.1 Å². The summed E-state index contributed by atoms with van der Waals surface area (Å²) in [7, 11) is 0. The van der Waals surface area contributed by atoms with Crippen LogP contribution in [0.4, 0.5) is 4.79 Å². The number of ether oxygens (including phenoxy) is 1. The second-order valence-electron chi connectivity index (χ2n) is 4.34. The van der Waals surface area contributed by atoms with Crippen molar-refractivity contribution in [1.29, 1.82) is 0 Å². The Kier molecular flexibility index (Phi) is 6.95. The topological polar surface area (TPSA) is 87.7 Å². The molecule has 0 fully saturated rings. The van der Waals surface area contributed by atoms with Crippen LogP contribution in [0.5, 0.6) is 5.75 Å². The molecule has 0 bridgehead atoms. The summed E-state index contributed by atoms with van der Waals surface area (Å²) in [6, 6.07) is 7.36. The number of nitrogens with one attached hydrogen (secondary N) is 2. The van der Waals surface area contributed by atoms with Gasteiger partial charge in [-0.25, -0.2) is 4.79 Å². The lowest BCUT2D eigenvalue weighted by molar-refractivity contribution is -0.137. The molecule has 110 valence electrons. The van der Waals surface area contributed by atoms with E-state index in [-0.39, 0.29) is 12.5 Å². The number of benzene rings is 1. The van der Waals surface area contributed by atoms with Gasteiger partial charge >= 0.3 is 12.0 Å². The molecule has 1 aromatic carbocycles. The minimum Gasteiger partial charge on any atom is -0.492 e. The van der Waals surface area contributed by atoms with Gasteiger partial charge in [0.2, 0.25) is 0 Å². The molecular formula is C14H20N2O4. The summed E-state index contributed by atoms with van der Waals surface area (Å²) < 4.78 is 5.47. The second-order valence-corrected chi connectivity index (χ2v) is 4.34. The van der Waals surface area contributed by atoms with Gasteiger partial charge in [0, 0.05) is 13.0 Å². The Hall–Kier alpha value is -2.24. The summed E-state index contributed by atoms with van der Waals surface area (Å²) in [4.78, 5) is 21.6. The molecule has 0 unspecified atom stereocenters. The van der Waals surface area contributed by atoms with Crippen LogP contribution >= 0.6 is 0 Å². The molecule has 0 aliphatic carbocycles. The van der Waals surface area contributed by atoms with Crippen LogP contribution in [-0.2, 0) is 4.79 Å². The lowest BCUT2D eigenvalue weighted by Crippen LogP contribution is -2.38. The van der Waals surface area contributed by atoms with Gasteiger partial charge in [-0.05, 0) is 31.0 Å². The van der Waals surface area contributed by atoms with Crippen LogP contribution in [0.2, 0.25) is 0 Å². The Bertz CT molecular complexity index is 449. The van der Waals surface area contributed by atoms with Gasteiger partial charge in [0.15, 0.2) is 0 Å². The van der Waals surface area contributed by atoms with Gasteiger partial charge < -0.3 is 20.5 Å². The van der Waals surface area contributed by atoms with Crippen LogP contribution in [0.15, 0.2) is 24.3 Å². The molecule has 2 amide bonds. The van der Waals surface area contributed by atoms with Crippen LogP contribution < -0.4 is 15.4 Å². The molecule has 1 rings (SSSR count). The molecular weight excluding hydrogens is 260 g/mol. The molecule has 3 N–H and O–H groups in total. The zero-order chi connectivity index (χ0) is 14.8. The molecule has 0 atom stereocenters. The molecule has 6 nitrogen and oxygen atoms in total. The van der Waals surface area contributed by atoms with Crippen LogP contribution in [0, 0.1) is 6.92 Å². The SMILES string of the molecule is Cc1cccc(OCCNC(=O)NCCCC(=O)O)c1. The van der Waals surface area contributed by atoms with Crippen LogP contribution in [0.1, 0.15) is 18.4 Å². The van der Waals surface area contributed by atoms with E-state index in [1.165, 1.54) is 0 Å². The van der Waals surface area contributed by atoms with Crippen molar-refractivity contribution in [2.45, 2.75) is 19.8 Å². The number of hydrogen-bond donors (Lipinski definition) is 3. The number of urea groups is 1. The van der Waals surface area contributed by atoms with Crippen molar-refractivity contribution in [3.8, 4) is 5.75 Å². The molecule has 0 heterocycles. The first-order valence-electron chi connectivity index (χ1n) is 6.51. The minimum atomic E-state index is -0.862. The highest BCUT2D eigenvalue weighted by Gasteiger charge is 2.01. The van der Waals surface area contributed by atoms with Gasteiger partial charge in [-0.2, -0.15) is 0 Å². The second kappa shape index (κ2) is 8.79. The summed E-state index contributed by atoms with van der Waals surface area (Å²) in [5, 5.41) is 13.6. The Labute approximate surface area is 118 Å². The summed E-state index contributed by atoms with van der Waals surface area (Å²) in [6.45, 7) is 3.09. The zero-order valence-corrected chi connectivity index (χ0v) is 11.5. The number of carboxylic acids is 1. The van der Waals surface area contributed by atoms with E-state index in [1.54, 1.807) is 0 Å². The van der Waals surface area contributed by atoms with Crippen molar-refractivity contribution in [1.82, 2.24) is 10.6 Å². The Morgan fingerprint density at radius 3 is 2.70 bits per heavy atom. The molecule has 0 saturated heterocycles. The molecule has 0 aliphatic rings. The fourth-order valence-corrected chi connectivity index (χ4v) is 1.54. The minimum absolute atomic E-state index is 0.0523. The monoisotopic (exact) mass is 280 g/mol. The third-order valence-corrected chi connectivity index (χ3v) is 2.50. The Morgan fingerprint density at radius 2 is 2.00 bits per heavy atom. The number of carbonyl (C=O) groups excluding carboxylic acids is 1. The zero-order valence-electron chi connectivity index (χ0n) is 11.5. The Balaban J connectivity index is 2.06. The normalized spacial score (nSPS) is 9.85. The molecule has 0 saturated carbocycles. The third-order valence-electron chi connectivity index (χ3n) is 2.50. The van der Waals surface area contributed by atoms with E-state index in [0.717, 1.165) is 11.3 Å². The van der Waals surface area contributed by atoms with Crippen molar-refractivity contribution in [3.05, 3.63) is 29.8 Å². The smallest absolute Gasteiger partial charge is 0.314 e. The highest BCUT2D eigenvalue weighted by atomic mass is 16.5. The maximum Gasteiger partial charge on any atom is 0.314 e. The van der Waals surface area contributed by atoms with Crippen molar-refractivity contribution >= 4 is 12.0 Å². The van der Waals surface area contributed by atoms with Crippen LogP contribution in [0.25, 0.3) is 0 Å². The first-order valence-corrected chi connectivity index (χ1v) is 6.51. The van der Waals surface area contributed by atoms with Gasteiger partial charge in [0.25, 0.3) is 0 Å². The number of amides is 2. The fourth-order valence-electron chi connectivity index (χ4n) is 1.54. The lowest BCUT2D eigenvalue weighted by atomic mass is 10.2. The van der Waals surface area contributed by atoms with Crippen molar-refractivity contribution < 1.29 is 19.4 Å². The predicted octanol–water partition coefficient (Wildman–Crippen LogP) is 1.54. The average Bonchev–Trinajstić information content (AvgIpc) is 2.40. The quantitative estimate of drug-likeness (QED) is 0.630. The summed E-state index contributed by atoms with van der Waals surface area (Å²) in [5.41, 5.74) is 1.12. The number of rotatable bonds is 8. The number of aryl methyl sites for hydroxylation is 1. The molecule has 1 aromatic rings. The molecule has 6 heteroatoms. The number of carbonyl (C=O) groups is 2. The van der Waals surface area contributed by atoms with Gasteiger partial charge in [-0.3, -0.25) is 4.79 Å². The number of aliphatic carboxylic acids is 1.